The molecule has 0 aliphatic rings. The summed E-state index contributed by atoms with van der Waals surface area (Å²) in [4.78, 5) is 0. The van der Waals surface area contributed by atoms with Crippen LogP contribution in [-0.4, -0.2) is 13.6 Å². The zero-order chi connectivity index (χ0) is 13.9. The Kier molecular flexibility index (Phi) is 4.28. The van der Waals surface area contributed by atoms with Crippen molar-refractivity contribution in [3.8, 4) is 0 Å². The molecule has 0 atom stereocenters. The molecule has 98 valence electrons. The Labute approximate surface area is 121 Å². The summed E-state index contributed by atoms with van der Waals surface area (Å²) in [5.41, 5.74) is 4.18. The number of halogens is 1. The summed E-state index contributed by atoms with van der Waals surface area (Å²) >= 11 is 6.12. The van der Waals surface area contributed by atoms with Gasteiger partial charge < -0.3 is 0 Å². The first kappa shape index (κ1) is 14.1. The first-order valence-corrected chi connectivity index (χ1v) is 10.2. The van der Waals surface area contributed by atoms with Gasteiger partial charge in [0.05, 0.1) is 8.07 Å². The van der Waals surface area contributed by atoms with E-state index in [9.17, 15) is 0 Å². The molecular formula is C17H19ClSi. The molecule has 2 rings (SSSR count). The molecule has 0 fully saturated rings. The third-order valence-corrected chi connectivity index (χ3v) is 8.00. The van der Waals surface area contributed by atoms with Crippen molar-refractivity contribution < 1.29 is 0 Å². The van der Waals surface area contributed by atoms with Crippen molar-refractivity contribution in [3.05, 3.63) is 72.3 Å². The smallest absolute Gasteiger partial charge is 0.0959 e. The Morgan fingerprint density at radius 1 is 1.00 bits per heavy atom. The maximum Gasteiger partial charge on any atom is 0.0959 e. The average Bonchev–Trinajstić information content (AvgIpc) is 2.47. The largest absolute Gasteiger partial charge is 0.130 e. The zero-order valence-corrected chi connectivity index (χ0v) is 13.2. The molecule has 0 saturated heterocycles. The SMILES string of the molecule is C=C(c1ccccc1)c1cccc([Si](C)(C)CCl)c1. The first-order chi connectivity index (χ1) is 9.04. The first-order valence-electron chi connectivity index (χ1n) is 6.46. The Balaban J connectivity index is 2.37. The maximum absolute atomic E-state index is 6.12. The molecule has 19 heavy (non-hydrogen) atoms. The predicted octanol–water partition coefficient (Wildman–Crippen LogP) is 4.44. The van der Waals surface area contributed by atoms with E-state index in [0.717, 1.165) is 11.1 Å². The quantitative estimate of drug-likeness (QED) is 0.576. The lowest BCUT2D eigenvalue weighted by Crippen LogP contribution is -2.43. The lowest BCUT2D eigenvalue weighted by atomic mass is 10.00. The van der Waals surface area contributed by atoms with Crippen molar-refractivity contribution in [1.29, 1.82) is 0 Å². The number of rotatable bonds is 4. The highest BCUT2D eigenvalue weighted by molar-refractivity contribution is 6.94. The second kappa shape index (κ2) is 5.77. The van der Waals surface area contributed by atoms with Gasteiger partial charge in [0.1, 0.15) is 0 Å². The van der Waals surface area contributed by atoms with Gasteiger partial charge in [0.15, 0.2) is 0 Å². The van der Waals surface area contributed by atoms with E-state index in [2.05, 4.69) is 56.1 Å². The molecule has 0 heterocycles. The molecule has 0 amide bonds. The summed E-state index contributed by atoms with van der Waals surface area (Å²) in [6.07, 6.45) is 0. The zero-order valence-electron chi connectivity index (χ0n) is 11.5. The van der Waals surface area contributed by atoms with E-state index in [0.29, 0.717) is 0 Å². The Morgan fingerprint density at radius 3 is 2.26 bits per heavy atom. The molecule has 2 aromatic rings. The van der Waals surface area contributed by atoms with Crippen LogP contribution in [-0.2, 0) is 0 Å². The van der Waals surface area contributed by atoms with Crippen LogP contribution in [0.1, 0.15) is 11.1 Å². The standard InChI is InChI=1S/C17H19ClSi/c1-14(15-8-5-4-6-9-15)16-10-7-11-17(12-16)19(2,3)13-18/h4-12H,1,13H2,2-3H3. The third-order valence-electron chi connectivity index (χ3n) is 3.45. The summed E-state index contributed by atoms with van der Waals surface area (Å²) in [5, 5.41) is 1.39. The van der Waals surface area contributed by atoms with Gasteiger partial charge in [0.25, 0.3) is 0 Å². The minimum Gasteiger partial charge on any atom is -0.130 e. The number of alkyl halides is 1. The van der Waals surface area contributed by atoms with Crippen LogP contribution >= 0.6 is 11.6 Å². The molecule has 0 radical (unpaired) electrons. The van der Waals surface area contributed by atoms with Crippen LogP contribution < -0.4 is 5.19 Å². The highest BCUT2D eigenvalue weighted by atomic mass is 35.5. The minimum atomic E-state index is -1.51. The van der Waals surface area contributed by atoms with Gasteiger partial charge in [-0.3, -0.25) is 0 Å². The fourth-order valence-corrected chi connectivity index (χ4v) is 3.72. The molecule has 0 unspecified atom stereocenters. The van der Waals surface area contributed by atoms with Gasteiger partial charge in [0.2, 0.25) is 0 Å². The summed E-state index contributed by atoms with van der Waals surface area (Å²) in [5.74, 6) is 0. The van der Waals surface area contributed by atoms with Crippen molar-refractivity contribution in [2.24, 2.45) is 0 Å². The van der Waals surface area contributed by atoms with Gasteiger partial charge in [0, 0.05) is 5.50 Å². The second-order valence-electron chi connectivity index (χ2n) is 5.44. The number of hydrogen-bond acceptors (Lipinski definition) is 0. The summed E-state index contributed by atoms with van der Waals surface area (Å²) in [7, 11) is -1.51. The van der Waals surface area contributed by atoms with Gasteiger partial charge in [-0.25, -0.2) is 0 Å². The van der Waals surface area contributed by atoms with Crippen LogP contribution in [0.4, 0.5) is 0 Å². The maximum atomic E-state index is 6.12. The van der Waals surface area contributed by atoms with Gasteiger partial charge in [-0.05, 0) is 16.7 Å². The molecule has 2 aromatic carbocycles. The predicted molar refractivity (Wildman–Crippen MR) is 88.9 cm³/mol. The summed E-state index contributed by atoms with van der Waals surface area (Å²) in [6, 6.07) is 19.0. The molecule has 0 spiro atoms. The van der Waals surface area contributed by atoms with Crippen molar-refractivity contribution in [2.45, 2.75) is 13.1 Å². The van der Waals surface area contributed by atoms with Crippen LogP contribution in [0.25, 0.3) is 5.57 Å². The Morgan fingerprint density at radius 2 is 1.63 bits per heavy atom. The van der Waals surface area contributed by atoms with E-state index < -0.39 is 8.07 Å². The monoisotopic (exact) mass is 286 g/mol. The van der Waals surface area contributed by atoms with Crippen molar-refractivity contribution in [1.82, 2.24) is 0 Å². The van der Waals surface area contributed by atoms with Gasteiger partial charge >= 0.3 is 0 Å². The third kappa shape index (κ3) is 3.17. The minimum absolute atomic E-state index is 0.744. The van der Waals surface area contributed by atoms with E-state index in [1.807, 2.05) is 18.2 Å². The molecule has 0 N–H and O–H groups in total. The topological polar surface area (TPSA) is 0 Å². The van der Waals surface area contributed by atoms with Crippen LogP contribution in [0.5, 0.6) is 0 Å². The number of benzene rings is 2. The van der Waals surface area contributed by atoms with Crippen molar-refractivity contribution in [2.75, 3.05) is 5.50 Å². The van der Waals surface area contributed by atoms with Crippen LogP contribution in [0, 0.1) is 0 Å². The molecule has 0 aliphatic carbocycles. The van der Waals surface area contributed by atoms with Crippen LogP contribution in [0.15, 0.2) is 61.2 Å². The lowest BCUT2D eigenvalue weighted by Gasteiger charge is -2.20. The Bertz CT molecular complexity index is 573. The average molecular weight is 287 g/mol. The highest BCUT2D eigenvalue weighted by Gasteiger charge is 2.22. The van der Waals surface area contributed by atoms with Crippen molar-refractivity contribution >= 4 is 30.4 Å². The van der Waals surface area contributed by atoms with E-state index in [4.69, 9.17) is 11.6 Å². The molecule has 0 saturated carbocycles. The van der Waals surface area contributed by atoms with Gasteiger partial charge in [-0.15, -0.1) is 11.6 Å². The second-order valence-corrected chi connectivity index (χ2v) is 10.9. The van der Waals surface area contributed by atoms with E-state index in [1.165, 1.54) is 16.3 Å². The van der Waals surface area contributed by atoms with Crippen LogP contribution in [0.2, 0.25) is 13.1 Å². The highest BCUT2D eigenvalue weighted by Crippen LogP contribution is 2.21. The summed E-state index contributed by atoms with van der Waals surface area (Å²) < 4.78 is 0. The fourth-order valence-electron chi connectivity index (χ4n) is 2.01. The molecular weight excluding hydrogens is 268 g/mol. The lowest BCUT2D eigenvalue weighted by molar-refractivity contribution is 1.56. The van der Waals surface area contributed by atoms with Crippen molar-refractivity contribution in [3.63, 3.8) is 0 Å². The molecule has 0 nitrogen and oxygen atoms in total. The van der Waals surface area contributed by atoms with Crippen LogP contribution in [0.3, 0.4) is 0 Å². The van der Waals surface area contributed by atoms with Gasteiger partial charge in [-0.1, -0.05) is 79.5 Å². The molecule has 2 heteroatoms. The van der Waals surface area contributed by atoms with E-state index in [1.54, 1.807) is 0 Å². The Hall–Kier alpha value is -1.31. The molecule has 0 aromatic heterocycles. The van der Waals surface area contributed by atoms with E-state index >= 15 is 0 Å². The molecule has 0 bridgehead atoms. The normalized spacial score (nSPS) is 11.3. The summed E-state index contributed by atoms with van der Waals surface area (Å²) in [6.45, 7) is 8.82. The number of hydrogen-bond donors (Lipinski definition) is 0. The molecule has 0 aliphatic heterocycles. The fraction of sp³-hybridized carbons (Fsp3) is 0.176. The van der Waals surface area contributed by atoms with E-state index in [-0.39, 0.29) is 0 Å². The van der Waals surface area contributed by atoms with Gasteiger partial charge in [-0.2, -0.15) is 0 Å².